The quantitative estimate of drug-likeness (QED) is 0.421. The minimum Gasteiger partial charge on any atom is -0.394 e. The lowest BCUT2D eigenvalue weighted by molar-refractivity contribution is 0.0374. The van der Waals surface area contributed by atoms with E-state index >= 15 is 0 Å². The van der Waals surface area contributed by atoms with Crippen molar-refractivity contribution in [2.45, 2.75) is 51.6 Å². The standard InChI is InChI=1S/C25H30N2O6/c1-4-6-16(7-5-2)26(3)23(31)18-10-11-20-22-19(9-8-15(12-28)21(18)22)24(32)27(25(20)33)17(13-29)14-30/h8-12,16-17,29-30H,4-7,13-14H2,1-3H3. The second-order valence-electron chi connectivity index (χ2n) is 8.38. The van der Waals surface area contributed by atoms with Gasteiger partial charge in [0.2, 0.25) is 0 Å². The van der Waals surface area contributed by atoms with E-state index in [2.05, 4.69) is 13.8 Å². The van der Waals surface area contributed by atoms with Gasteiger partial charge in [0.05, 0.1) is 19.3 Å². The fraction of sp³-hybridized carbons (Fsp3) is 0.440. The van der Waals surface area contributed by atoms with Crippen molar-refractivity contribution in [2.24, 2.45) is 0 Å². The summed E-state index contributed by atoms with van der Waals surface area (Å²) in [6.45, 7) is 2.94. The van der Waals surface area contributed by atoms with Gasteiger partial charge in [-0.3, -0.25) is 24.1 Å². The molecule has 0 atom stereocenters. The van der Waals surface area contributed by atoms with Crippen LogP contribution in [0.4, 0.5) is 0 Å². The maximum atomic E-state index is 13.5. The Morgan fingerprint density at radius 3 is 2.00 bits per heavy atom. The van der Waals surface area contributed by atoms with E-state index < -0.39 is 31.1 Å². The van der Waals surface area contributed by atoms with Gasteiger partial charge in [-0.25, -0.2) is 0 Å². The summed E-state index contributed by atoms with van der Waals surface area (Å²) in [5.41, 5.74) is 0.762. The van der Waals surface area contributed by atoms with Gasteiger partial charge in [0.1, 0.15) is 0 Å². The van der Waals surface area contributed by atoms with E-state index in [-0.39, 0.29) is 45.0 Å². The molecule has 2 N–H and O–H groups in total. The zero-order valence-corrected chi connectivity index (χ0v) is 19.2. The molecule has 0 fully saturated rings. The fourth-order valence-corrected chi connectivity index (χ4v) is 4.61. The molecule has 0 unspecified atom stereocenters. The van der Waals surface area contributed by atoms with Gasteiger partial charge in [-0.2, -0.15) is 0 Å². The molecule has 0 radical (unpaired) electrons. The topological polar surface area (TPSA) is 115 Å². The van der Waals surface area contributed by atoms with E-state index in [9.17, 15) is 29.4 Å². The molecule has 1 aliphatic heterocycles. The number of benzene rings is 2. The van der Waals surface area contributed by atoms with E-state index in [1.807, 2.05) is 0 Å². The first-order valence-electron chi connectivity index (χ1n) is 11.3. The molecule has 1 aliphatic rings. The molecule has 1 heterocycles. The minimum absolute atomic E-state index is 0.0339. The van der Waals surface area contributed by atoms with Gasteiger partial charge < -0.3 is 15.1 Å². The average Bonchev–Trinajstić information content (AvgIpc) is 2.83. The highest BCUT2D eigenvalue weighted by Crippen LogP contribution is 2.35. The normalized spacial score (nSPS) is 13.4. The number of carbonyl (C=O) groups excluding carboxylic acids is 4. The number of hydrogen-bond donors (Lipinski definition) is 2. The van der Waals surface area contributed by atoms with Crippen molar-refractivity contribution in [3.8, 4) is 0 Å². The van der Waals surface area contributed by atoms with Crippen LogP contribution in [-0.4, -0.2) is 76.4 Å². The van der Waals surface area contributed by atoms with Crippen LogP contribution in [0.3, 0.4) is 0 Å². The van der Waals surface area contributed by atoms with Crippen LogP contribution in [-0.2, 0) is 0 Å². The maximum Gasteiger partial charge on any atom is 0.261 e. The minimum atomic E-state index is -1.09. The molecule has 3 amide bonds. The number of nitrogens with zero attached hydrogens (tertiary/aromatic N) is 2. The zero-order valence-electron chi connectivity index (χ0n) is 19.2. The molecular weight excluding hydrogens is 424 g/mol. The van der Waals surface area contributed by atoms with Crippen LogP contribution >= 0.6 is 0 Å². The van der Waals surface area contributed by atoms with Crippen molar-refractivity contribution in [3.05, 3.63) is 46.5 Å². The molecule has 0 spiro atoms. The molecule has 2 aromatic rings. The first-order valence-corrected chi connectivity index (χ1v) is 11.3. The van der Waals surface area contributed by atoms with Gasteiger partial charge in [-0.05, 0) is 31.0 Å². The highest BCUT2D eigenvalue weighted by molar-refractivity contribution is 6.29. The van der Waals surface area contributed by atoms with Crippen LogP contribution in [0.25, 0.3) is 10.8 Å². The number of aldehydes is 1. The first kappa shape index (κ1) is 24.5. The number of amides is 3. The molecular formula is C25H30N2O6. The molecule has 33 heavy (non-hydrogen) atoms. The zero-order chi connectivity index (χ0) is 24.3. The van der Waals surface area contributed by atoms with Gasteiger partial charge in [0.25, 0.3) is 17.7 Å². The van der Waals surface area contributed by atoms with Gasteiger partial charge >= 0.3 is 0 Å². The Hall–Kier alpha value is -3.10. The number of imide groups is 1. The maximum absolute atomic E-state index is 13.5. The summed E-state index contributed by atoms with van der Waals surface area (Å²) in [4.78, 5) is 54.3. The Bertz CT molecular complexity index is 1060. The average molecular weight is 455 g/mol. The lowest BCUT2D eigenvalue weighted by Gasteiger charge is -2.33. The molecule has 0 saturated carbocycles. The SMILES string of the molecule is CCCC(CCC)N(C)C(=O)c1ccc2c3c(ccc(C=O)c13)C(=O)N(C(CO)CO)C2=O. The summed E-state index contributed by atoms with van der Waals surface area (Å²) in [5, 5.41) is 19.6. The summed E-state index contributed by atoms with van der Waals surface area (Å²) >= 11 is 0. The highest BCUT2D eigenvalue weighted by atomic mass is 16.3. The predicted octanol–water partition coefficient (Wildman–Crippen LogP) is 2.64. The summed E-state index contributed by atoms with van der Waals surface area (Å²) < 4.78 is 0. The summed E-state index contributed by atoms with van der Waals surface area (Å²) in [6.07, 6.45) is 4.13. The van der Waals surface area contributed by atoms with E-state index in [1.165, 1.54) is 24.3 Å². The predicted molar refractivity (Wildman–Crippen MR) is 123 cm³/mol. The van der Waals surface area contributed by atoms with E-state index in [0.717, 1.165) is 30.6 Å². The first-order chi connectivity index (χ1) is 15.9. The Labute approximate surface area is 192 Å². The molecule has 2 aromatic carbocycles. The van der Waals surface area contributed by atoms with Crippen LogP contribution in [0, 0.1) is 0 Å². The van der Waals surface area contributed by atoms with Crippen molar-refractivity contribution in [3.63, 3.8) is 0 Å². The number of hydrogen-bond acceptors (Lipinski definition) is 6. The smallest absolute Gasteiger partial charge is 0.261 e. The van der Waals surface area contributed by atoms with E-state index in [0.29, 0.717) is 6.29 Å². The summed E-state index contributed by atoms with van der Waals surface area (Å²) in [5.74, 6) is -1.65. The second-order valence-corrected chi connectivity index (χ2v) is 8.38. The number of rotatable bonds is 10. The molecule has 176 valence electrons. The third kappa shape index (κ3) is 4.16. The van der Waals surface area contributed by atoms with E-state index in [1.54, 1.807) is 11.9 Å². The van der Waals surface area contributed by atoms with Crippen LogP contribution < -0.4 is 0 Å². The van der Waals surface area contributed by atoms with Gasteiger partial charge in [0, 0.05) is 46.1 Å². The van der Waals surface area contributed by atoms with Crippen molar-refractivity contribution in [2.75, 3.05) is 20.3 Å². The second kappa shape index (κ2) is 10.2. The Morgan fingerprint density at radius 1 is 0.970 bits per heavy atom. The number of carbonyl (C=O) groups is 4. The third-order valence-electron chi connectivity index (χ3n) is 6.35. The number of aliphatic hydroxyl groups is 2. The van der Waals surface area contributed by atoms with Gasteiger partial charge in [-0.1, -0.05) is 32.8 Å². The third-order valence-corrected chi connectivity index (χ3v) is 6.35. The monoisotopic (exact) mass is 454 g/mol. The number of aliphatic hydroxyl groups excluding tert-OH is 2. The van der Waals surface area contributed by atoms with Gasteiger partial charge in [0.15, 0.2) is 6.29 Å². The fourth-order valence-electron chi connectivity index (χ4n) is 4.61. The lowest BCUT2D eigenvalue weighted by atomic mass is 9.87. The van der Waals surface area contributed by atoms with Crippen LogP contribution in [0.1, 0.15) is 81.0 Å². The molecule has 0 bridgehead atoms. The molecule has 8 nitrogen and oxygen atoms in total. The Morgan fingerprint density at radius 2 is 1.52 bits per heavy atom. The molecule has 3 rings (SSSR count). The summed E-state index contributed by atoms with van der Waals surface area (Å²) in [7, 11) is 1.74. The van der Waals surface area contributed by atoms with Crippen LogP contribution in [0.2, 0.25) is 0 Å². The Balaban J connectivity index is 2.22. The lowest BCUT2D eigenvalue weighted by Crippen LogP contribution is -2.50. The van der Waals surface area contributed by atoms with E-state index in [4.69, 9.17) is 0 Å². The van der Waals surface area contributed by atoms with Crippen molar-refractivity contribution in [1.29, 1.82) is 0 Å². The van der Waals surface area contributed by atoms with Crippen molar-refractivity contribution < 1.29 is 29.4 Å². The van der Waals surface area contributed by atoms with Crippen molar-refractivity contribution in [1.82, 2.24) is 9.80 Å². The largest absolute Gasteiger partial charge is 0.394 e. The highest BCUT2D eigenvalue weighted by Gasteiger charge is 2.38. The van der Waals surface area contributed by atoms with Crippen molar-refractivity contribution >= 4 is 34.8 Å². The van der Waals surface area contributed by atoms with Crippen LogP contribution in [0.5, 0.6) is 0 Å². The summed E-state index contributed by atoms with van der Waals surface area (Å²) in [6, 6.07) is 4.84. The molecule has 0 saturated heterocycles. The van der Waals surface area contributed by atoms with Gasteiger partial charge in [-0.15, -0.1) is 0 Å². The molecule has 8 heteroatoms. The van der Waals surface area contributed by atoms with Crippen LogP contribution in [0.15, 0.2) is 24.3 Å². The molecule has 0 aliphatic carbocycles. The molecule has 0 aromatic heterocycles. The Kier molecular flexibility index (Phi) is 7.61.